The first-order valence-electron chi connectivity index (χ1n) is 6.76. The summed E-state index contributed by atoms with van der Waals surface area (Å²) in [6.07, 6.45) is 1.75. The van der Waals surface area contributed by atoms with E-state index in [4.69, 9.17) is 4.74 Å². The second-order valence-corrected chi connectivity index (χ2v) is 6.04. The number of aromatic nitrogens is 1. The maximum absolute atomic E-state index is 11.2. The average molecular weight is 285 g/mol. The fraction of sp³-hybridized carbons (Fsp3) is 0.294. The molecule has 0 fully saturated rings. The summed E-state index contributed by atoms with van der Waals surface area (Å²) in [4.78, 5) is 15.5. The number of rotatable bonds is 3. The maximum Gasteiger partial charge on any atom is 0.339 e. The Morgan fingerprint density at radius 3 is 2.43 bits per heavy atom. The van der Waals surface area contributed by atoms with E-state index in [-0.39, 0.29) is 11.0 Å². The van der Waals surface area contributed by atoms with Crippen LogP contribution in [0.15, 0.2) is 36.5 Å². The van der Waals surface area contributed by atoms with Crippen molar-refractivity contribution in [3.05, 3.63) is 53.2 Å². The SMILES string of the molecule is Cc1ccc(Oc2ccc(C(C)(C)C)cn2)c(C(=O)O)c1. The molecule has 0 atom stereocenters. The molecule has 2 rings (SSSR count). The van der Waals surface area contributed by atoms with Crippen LogP contribution in [0.1, 0.15) is 42.3 Å². The van der Waals surface area contributed by atoms with Gasteiger partial charge in [0.15, 0.2) is 0 Å². The van der Waals surface area contributed by atoms with E-state index in [0.29, 0.717) is 11.6 Å². The standard InChI is InChI=1S/C17H19NO3/c1-11-5-7-14(13(9-11)16(19)20)21-15-8-6-12(10-18-15)17(2,3)4/h5-10H,1-4H3,(H,19,20). The van der Waals surface area contributed by atoms with Gasteiger partial charge in [0.1, 0.15) is 11.3 Å². The summed E-state index contributed by atoms with van der Waals surface area (Å²) in [7, 11) is 0. The number of carboxylic acids is 1. The van der Waals surface area contributed by atoms with Gasteiger partial charge in [-0.15, -0.1) is 0 Å². The van der Waals surface area contributed by atoms with Crippen LogP contribution in [0.4, 0.5) is 0 Å². The molecule has 2 aromatic rings. The van der Waals surface area contributed by atoms with E-state index >= 15 is 0 Å². The van der Waals surface area contributed by atoms with E-state index in [2.05, 4.69) is 25.8 Å². The van der Waals surface area contributed by atoms with Gasteiger partial charge < -0.3 is 9.84 Å². The van der Waals surface area contributed by atoms with Crippen LogP contribution in [0, 0.1) is 6.92 Å². The number of hydrogen-bond donors (Lipinski definition) is 1. The van der Waals surface area contributed by atoms with Crippen molar-refractivity contribution < 1.29 is 14.6 Å². The van der Waals surface area contributed by atoms with Gasteiger partial charge in [-0.1, -0.05) is 38.5 Å². The van der Waals surface area contributed by atoms with Crippen molar-refractivity contribution in [2.45, 2.75) is 33.1 Å². The summed E-state index contributed by atoms with van der Waals surface area (Å²) in [6.45, 7) is 8.15. The largest absolute Gasteiger partial charge is 0.478 e. The molecule has 1 aromatic carbocycles. The molecule has 110 valence electrons. The first-order chi connectivity index (χ1) is 9.77. The Labute approximate surface area is 124 Å². The molecule has 0 aliphatic rings. The molecule has 0 saturated heterocycles. The number of pyridine rings is 1. The number of aromatic carboxylic acids is 1. The van der Waals surface area contributed by atoms with Crippen LogP contribution in [-0.4, -0.2) is 16.1 Å². The van der Waals surface area contributed by atoms with Crippen molar-refractivity contribution >= 4 is 5.97 Å². The Bertz CT molecular complexity index is 655. The summed E-state index contributed by atoms with van der Waals surface area (Å²) in [5, 5.41) is 9.22. The molecule has 1 aromatic heterocycles. The van der Waals surface area contributed by atoms with E-state index in [1.165, 1.54) is 0 Å². The molecule has 0 spiro atoms. The molecular weight excluding hydrogens is 266 g/mol. The predicted octanol–water partition coefficient (Wildman–Crippen LogP) is 4.18. The number of nitrogens with zero attached hydrogens (tertiary/aromatic N) is 1. The van der Waals surface area contributed by atoms with E-state index in [9.17, 15) is 9.90 Å². The highest BCUT2D eigenvalue weighted by Gasteiger charge is 2.15. The van der Waals surface area contributed by atoms with Crippen LogP contribution in [0.25, 0.3) is 0 Å². The zero-order chi connectivity index (χ0) is 15.6. The van der Waals surface area contributed by atoms with Crippen LogP contribution in [0.3, 0.4) is 0 Å². The molecule has 0 unspecified atom stereocenters. The van der Waals surface area contributed by atoms with E-state index < -0.39 is 5.97 Å². The highest BCUT2D eigenvalue weighted by atomic mass is 16.5. The predicted molar refractivity (Wildman–Crippen MR) is 81.1 cm³/mol. The van der Waals surface area contributed by atoms with Gasteiger partial charge in [0.2, 0.25) is 5.88 Å². The Hall–Kier alpha value is -2.36. The van der Waals surface area contributed by atoms with Crippen molar-refractivity contribution in [1.82, 2.24) is 4.98 Å². The van der Waals surface area contributed by atoms with Crippen molar-refractivity contribution in [1.29, 1.82) is 0 Å². The second-order valence-electron chi connectivity index (χ2n) is 6.04. The van der Waals surface area contributed by atoms with Crippen molar-refractivity contribution in [3.8, 4) is 11.6 Å². The normalized spacial score (nSPS) is 11.2. The lowest BCUT2D eigenvalue weighted by Gasteiger charge is -2.18. The smallest absolute Gasteiger partial charge is 0.339 e. The number of ether oxygens (including phenoxy) is 1. The Morgan fingerprint density at radius 1 is 1.19 bits per heavy atom. The third-order valence-corrected chi connectivity index (χ3v) is 3.18. The molecule has 0 aliphatic carbocycles. The third kappa shape index (κ3) is 3.60. The number of benzene rings is 1. The highest BCUT2D eigenvalue weighted by Crippen LogP contribution is 2.27. The summed E-state index contributed by atoms with van der Waals surface area (Å²) in [6, 6.07) is 8.74. The van der Waals surface area contributed by atoms with Crippen molar-refractivity contribution in [2.24, 2.45) is 0 Å². The number of hydrogen-bond acceptors (Lipinski definition) is 3. The van der Waals surface area contributed by atoms with Crippen LogP contribution < -0.4 is 4.74 Å². The summed E-state index contributed by atoms with van der Waals surface area (Å²) >= 11 is 0. The quantitative estimate of drug-likeness (QED) is 0.919. The summed E-state index contributed by atoms with van der Waals surface area (Å²) in [5.41, 5.74) is 2.12. The van der Waals surface area contributed by atoms with Crippen LogP contribution >= 0.6 is 0 Å². The topological polar surface area (TPSA) is 59.4 Å². The molecule has 4 heteroatoms. The van der Waals surface area contributed by atoms with Gasteiger partial charge in [-0.2, -0.15) is 0 Å². The molecule has 0 amide bonds. The van der Waals surface area contributed by atoms with Gasteiger partial charge in [-0.25, -0.2) is 9.78 Å². The van der Waals surface area contributed by atoms with Gasteiger partial charge in [0.25, 0.3) is 0 Å². The molecule has 21 heavy (non-hydrogen) atoms. The Balaban J connectivity index is 2.28. The number of carbonyl (C=O) groups is 1. The fourth-order valence-electron chi connectivity index (χ4n) is 1.90. The van der Waals surface area contributed by atoms with Gasteiger partial charge >= 0.3 is 5.97 Å². The second kappa shape index (κ2) is 5.56. The van der Waals surface area contributed by atoms with Crippen LogP contribution in [-0.2, 0) is 5.41 Å². The molecule has 4 nitrogen and oxygen atoms in total. The van der Waals surface area contributed by atoms with E-state index in [1.807, 2.05) is 19.1 Å². The van der Waals surface area contributed by atoms with E-state index in [1.54, 1.807) is 24.4 Å². The molecule has 1 heterocycles. The first-order valence-corrected chi connectivity index (χ1v) is 6.76. The minimum absolute atomic E-state index is 0.0155. The molecule has 0 bridgehead atoms. The van der Waals surface area contributed by atoms with Crippen molar-refractivity contribution in [2.75, 3.05) is 0 Å². The lowest BCUT2D eigenvalue weighted by atomic mass is 9.88. The van der Waals surface area contributed by atoms with E-state index in [0.717, 1.165) is 11.1 Å². The molecular formula is C17H19NO3. The summed E-state index contributed by atoms with van der Waals surface area (Å²) < 4.78 is 5.60. The third-order valence-electron chi connectivity index (χ3n) is 3.18. The monoisotopic (exact) mass is 285 g/mol. The Morgan fingerprint density at radius 2 is 1.90 bits per heavy atom. The van der Waals surface area contributed by atoms with Gasteiger partial charge in [0.05, 0.1) is 0 Å². The Kier molecular flexibility index (Phi) is 3.98. The number of aryl methyl sites for hydroxylation is 1. The lowest BCUT2D eigenvalue weighted by molar-refractivity contribution is 0.0694. The van der Waals surface area contributed by atoms with Crippen LogP contribution in [0.5, 0.6) is 11.6 Å². The minimum Gasteiger partial charge on any atom is -0.478 e. The van der Waals surface area contributed by atoms with Crippen molar-refractivity contribution in [3.63, 3.8) is 0 Å². The minimum atomic E-state index is -1.01. The summed E-state index contributed by atoms with van der Waals surface area (Å²) in [5.74, 6) is -0.335. The first kappa shape index (κ1) is 15.0. The zero-order valence-electron chi connectivity index (χ0n) is 12.7. The van der Waals surface area contributed by atoms with Gasteiger partial charge in [-0.3, -0.25) is 0 Å². The molecule has 0 radical (unpaired) electrons. The lowest BCUT2D eigenvalue weighted by Crippen LogP contribution is -2.11. The molecule has 0 aliphatic heterocycles. The highest BCUT2D eigenvalue weighted by molar-refractivity contribution is 5.91. The van der Waals surface area contributed by atoms with Gasteiger partial charge in [-0.05, 0) is 30.0 Å². The molecule has 1 N–H and O–H groups in total. The maximum atomic E-state index is 11.2. The number of carboxylic acid groups (broad SMARTS) is 1. The van der Waals surface area contributed by atoms with Crippen LogP contribution in [0.2, 0.25) is 0 Å². The average Bonchev–Trinajstić information content (AvgIpc) is 2.40. The fourth-order valence-corrected chi connectivity index (χ4v) is 1.90. The van der Waals surface area contributed by atoms with Gasteiger partial charge in [0, 0.05) is 12.3 Å². The zero-order valence-corrected chi connectivity index (χ0v) is 12.7. The molecule has 0 saturated carbocycles.